The maximum absolute atomic E-state index is 11.7. The third-order valence-corrected chi connectivity index (χ3v) is 3.11. The van der Waals surface area contributed by atoms with Crippen LogP contribution in [0, 0.1) is 5.92 Å². The van der Waals surface area contributed by atoms with Gasteiger partial charge in [0.2, 0.25) is 5.91 Å². The molecule has 0 aromatic heterocycles. The lowest BCUT2D eigenvalue weighted by Gasteiger charge is -2.09. The zero-order valence-corrected chi connectivity index (χ0v) is 12.7. The van der Waals surface area contributed by atoms with Gasteiger partial charge in [-0.15, -0.1) is 0 Å². The van der Waals surface area contributed by atoms with E-state index in [-0.39, 0.29) is 11.9 Å². The van der Waals surface area contributed by atoms with Gasteiger partial charge in [-0.1, -0.05) is 13.8 Å². The van der Waals surface area contributed by atoms with Crippen LogP contribution in [0.5, 0.6) is 0 Å². The predicted octanol–water partition coefficient (Wildman–Crippen LogP) is 2.57. The molecule has 0 fully saturated rings. The molecule has 0 heterocycles. The van der Waals surface area contributed by atoms with Crippen LogP contribution in [0.4, 0.5) is 5.69 Å². The molecular formula is C16H24N2O3. The Morgan fingerprint density at radius 3 is 2.52 bits per heavy atom. The van der Waals surface area contributed by atoms with Crippen LogP contribution in [-0.2, 0) is 9.53 Å². The molecule has 0 saturated carbocycles. The first-order valence-electron chi connectivity index (χ1n) is 7.34. The van der Waals surface area contributed by atoms with Gasteiger partial charge in [-0.2, -0.15) is 0 Å². The van der Waals surface area contributed by atoms with Crippen LogP contribution >= 0.6 is 0 Å². The van der Waals surface area contributed by atoms with E-state index in [9.17, 15) is 9.59 Å². The largest absolute Gasteiger partial charge is 0.462 e. The Labute approximate surface area is 125 Å². The monoisotopic (exact) mass is 292 g/mol. The number of rotatable bonds is 8. The fourth-order valence-electron chi connectivity index (χ4n) is 1.69. The van der Waals surface area contributed by atoms with Gasteiger partial charge < -0.3 is 15.8 Å². The lowest BCUT2D eigenvalue weighted by Crippen LogP contribution is -2.16. The number of carbonyl (C=O) groups is 2. The second kappa shape index (κ2) is 9.13. The van der Waals surface area contributed by atoms with Crippen LogP contribution in [0.25, 0.3) is 0 Å². The van der Waals surface area contributed by atoms with Gasteiger partial charge in [0.25, 0.3) is 0 Å². The number of nitrogens with two attached hydrogens (primary N) is 1. The van der Waals surface area contributed by atoms with Gasteiger partial charge in [-0.3, -0.25) is 4.79 Å². The Morgan fingerprint density at radius 1 is 1.29 bits per heavy atom. The Hall–Kier alpha value is -1.88. The highest BCUT2D eigenvalue weighted by Gasteiger charge is 2.08. The number of anilines is 1. The summed E-state index contributed by atoms with van der Waals surface area (Å²) in [7, 11) is 0. The number of carbonyl (C=O) groups excluding carboxylic acids is 2. The summed E-state index contributed by atoms with van der Waals surface area (Å²) < 4.78 is 5.04. The van der Waals surface area contributed by atoms with Crippen molar-refractivity contribution in [1.82, 2.24) is 0 Å². The molecule has 1 rings (SSSR count). The normalized spacial score (nSPS) is 11.8. The Morgan fingerprint density at radius 2 is 1.95 bits per heavy atom. The van der Waals surface area contributed by atoms with Crippen molar-refractivity contribution in [1.29, 1.82) is 0 Å². The maximum Gasteiger partial charge on any atom is 0.338 e. The van der Waals surface area contributed by atoms with E-state index < -0.39 is 0 Å². The molecule has 0 aliphatic heterocycles. The molecule has 0 aliphatic carbocycles. The summed E-state index contributed by atoms with van der Waals surface area (Å²) in [5.74, 6) is -0.0467. The van der Waals surface area contributed by atoms with E-state index in [4.69, 9.17) is 10.5 Å². The fourth-order valence-corrected chi connectivity index (χ4v) is 1.69. The summed E-state index contributed by atoms with van der Waals surface area (Å²) in [6, 6.07) is 6.70. The highest BCUT2D eigenvalue weighted by atomic mass is 16.5. The molecule has 0 aliphatic rings. The number of nitrogens with one attached hydrogen (secondary N) is 1. The first-order chi connectivity index (χ1) is 10.1. The number of benzene rings is 1. The van der Waals surface area contributed by atoms with E-state index in [1.54, 1.807) is 24.3 Å². The predicted molar refractivity (Wildman–Crippen MR) is 83.1 cm³/mol. The lowest BCUT2D eigenvalue weighted by molar-refractivity contribution is -0.116. The molecule has 5 heteroatoms. The van der Waals surface area contributed by atoms with Crippen molar-refractivity contribution in [3.05, 3.63) is 29.8 Å². The average Bonchev–Trinajstić information content (AvgIpc) is 2.50. The topological polar surface area (TPSA) is 81.4 Å². The van der Waals surface area contributed by atoms with Crippen LogP contribution < -0.4 is 11.1 Å². The molecule has 1 unspecified atom stereocenters. The van der Waals surface area contributed by atoms with Gasteiger partial charge in [-0.05, 0) is 49.6 Å². The van der Waals surface area contributed by atoms with E-state index in [2.05, 4.69) is 5.32 Å². The van der Waals surface area contributed by atoms with Gasteiger partial charge in [0.1, 0.15) is 0 Å². The summed E-state index contributed by atoms with van der Waals surface area (Å²) >= 11 is 0. The van der Waals surface area contributed by atoms with Gasteiger partial charge in [0, 0.05) is 12.1 Å². The minimum Gasteiger partial charge on any atom is -0.462 e. The van der Waals surface area contributed by atoms with Crippen LogP contribution in [0.2, 0.25) is 0 Å². The average molecular weight is 292 g/mol. The number of amides is 1. The summed E-state index contributed by atoms with van der Waals surface area (Å²) in [5.41, 5.74) is 6.67. The molecule has 116 valence electrons. The zero-order valence-electron chi connectivity index (χ0n) is 12.7. The lowest BCUT2D eigenvalue weighted by atomic mass is 10.1. The smallest absolute Gasteiger partial charge is 0.338 e. The second-order valence-corrected chi connectivity index (χ2v) is 5.14. The van der Waals surface area contributed by atoms with Crippen LogP contribution in [0.15, 0.2) is 24.3 Å². The van der Waals surface area contributed by atoms with E-state index in [0.29, 0.717) is 36.7 Å². The Balaban J connectivity index is 2.47. The summed E-state index contributed by atoms with van der Waals surface area (Å²) in [4.78, 5) is 23.4. The van der Waals surface area contributed by atoms with Gasteiger partial charge in [0.05, 0.1) is 12.2 Å². The van der Waals surface area contributed by atoms with Crippen molar-refractivity contribution in [2.75, 3.05) is 18.5 Å². The highest BCUT2D eigenvalue weighted by Crippen LogP contribution is 2.12. The molecular weight excluding hydrogens is 268 g/mol. The van der Waals surface area contributed by atoms with Crippen LogP contribution in [0.3, 0.4) is 0 Å². The van der Waals surface area contributed by atoms with E-state index in [1.165, 1.54) is 0 Å². The summed E-state index contributed by atoms with van der Waals surface area (Å²) in [5, 5.41) is 2.80. The fraction of sp³-hybridized carbons (Fsp3) is 0.500. The molecule has 0 radical (unpaired) electrons. The molecule has 1 amide bonds. The molecule has 1 aromatic carbocycles. The number of esters is 1. The third kappa shape index (κ3) is 6.40. The molecule has 0 spiro atoms. The van der Waals surface area contributed by atoms with E-state index >= 15 is 0 Å². The van der Waals surface area contributed by atoms with Crippen molar-refractivity contribution in [3.8, 4) is 0 Å². The number of hydrogen-bond acceptors (Lipinski definition) is 4. The molecule has 0 bridgehead atoms. The highest BCUT2D eigenvalue weighted by molar-refractivity contribution is 5.93. The minimum absolute atomic E-state index is 0.0448. The van der Waals surface area contributed by atoms with Crippen LogP contribution in [-0.4, -0.2) is 25.0 Å². The van der Waals surface area contributed by atoms with Gasteiger partial charge >= 0.3 is 5.97 Å². The molecule has 21 heavy (non-hydrogen) atoms. The van der Waals surface area contributed by atoms with Crippen molar-refractivity contribution in [2.24, 2.45) is 11.7 Å². The van der Waals surface area contributed by atoms with Crippen molar-refractivity contribution in [3.63, 3.8) is 0 Å². The summed E-state index contributed by atoms with van der Waals surface area (Å²) in [6.45, 7) is 4.96. The van der Waals surface area contributed by atoms with Crippen molar-refractivity contribution in [2.45, 2.75) is 33.1 Å². The molecule has 0 saturated heterocycles. The first-order valence-corrected chi connectivity index (χ1v) is 7.34. The van der Waals surface area contributed by atoms with Gasteiger partial charge in [-0.25, -0.2) is 4.79 Å². The van der Waals surface area contributed by atoms with E-state index in [0.717, 1.165) is 12.8 Å². The Bertz CT molecular complexity index is 457. The van der Waals surface area contributed by atoms with Crippen molar-refractivity contribution < 1.29 is 14.3 Å². The second-order valence-electron chi connectivity index (χ2n) is 5.14. The Kier molecular flexibility index (Phi) is 7.46. The standard InChI is InChI=1S/C16H24N2O3/c1-3-10-21-16(20)13-5-7-14(8-6-13)18-15(19)9-4-12(2)11-17/h5-8,12H,3-4,9-11,17H2,1-2H3,(H,18,19). The molecule has 1 atom stereocenters. The number of ether oxygens (including phenoxy) is 1. The first kappa shape index (κ1) is 17.2. The molecule has 5 nitrogen and oxygen atoms in total. The quantitative estimate of drug-likeness (QED) is 0.721. The molecule has 1 aromatic rings. The zero-order chi connectivity index (χ0) is 15.7. The molecule has 3 N–H and O–H groups in total. The van der Waals surface area contributed by atoms with Crippen LogP contribution in [0.1, 0.15) is 43.5 Å². The minimum atomic E-state index is -0.341. The third-order valence-electron chi connectivity index (χ3n) is 3.11. The van der Waals surface area contributed by atoms with E-state index in [1.807, 2.05) is 13.8 Å². The summed E-state index contributed by atoms with van der Waals surface area (Å²) in [6.07, 6.45) is 2.00. The number of hydrogen-bond donors (Lipinski definition) is 2. The SMILES string of the molecule is CCCOC(=O)c1ccc(NC(=O)CCC(C)CN)cc1. The van der Waals surface area contributed by atoms with Crippen molar-refractivity contribution >= 4 is 17.6 Å². The van der Waals surface area contributed by atoms with Gasteiger partial charge in [0.15, 0.2) is 0 Å². The maximum atomic E-state index is 11.7.